The van der Waals surface area contributed by atoms with Gasteiger partial charge in [-0.25, -0.2) is 0 Å². The van der Waals surface area contributed by atoms with Crippen LogP contribution >= 0.6 is 0 Å². The van der Waals surface area contributed by atoms with Crippen LogP contribution in [0.1, 0.15) is 6.42 Å². The van der Waals surface area contributed by atoms with E-state index in [0.29, 0.717) is 6.10 Å². The highest BCUT2D eigenvalue weighted by Gasteiger charge is 2.22. The number of rotatable bonds is 2. The molecule has 0 spiro atoms. The van der Waals surface area contributed by atoms with Gasteiger partial charge >= 0.3 is 0 Å². The lowest BCUT2D eigenvalue weighted by atomic mass is 10.3. The second-order valence-corrected chi connectivity index (χ2v) is 2.15. The Balaban J connectivity index is 1.75. The molecular formula is C6H8O2. The third-order valence-electron chi connectivity index (χ3n) is 1.32. The molecule has 1 atom stereocenters. The van der Waals surface area contributed by atoms with Crippen LogP contribution in [0.15, 0.2) is 11.8 Å². The first-order valence-electron chi connectivity index (χ1n) is 2.88. The van der Waals surface area contributed by atoms with Gasteiger partial charge in [0, 0.05) is 0 Å². The second-order valence-electron chi connectivity index (χ2n) is 2.15. The first kappa shape index (κ1) is 4.39. The molecule has 2 rings (SSSR count). The van der Waals surface area contributed by atoms with Crippen LogP contribution in [0.4, 0.5) is 0 Å². The number of epoxide rings is 2. The molecule has 0 aromatic carbocycles. The minimum absolute atomic E-state index is 0.520. The summed E-state index contributed by atoms with van der Waals surface area (Å²) in [6.45, 7) is 1.80. The summed E-state index contributed by atoms with van der Waals surface area (Å²) in [5.74, 6) is 1.14. The SMILES string of the molecule is C(CC1CO1)=C1CO1. The first-order valence-corrected chi connectivity index (χ1v) is 2.88. The predicted molar refractivity (Wildman–Crippen MR) is 28.4 cm³/mol. The predicted octanol–water partition coefficient (Wildman–Crippen LogP) is 0.689. The molecule has 2 fully saturated rings. The molecule has 2 nitrogen and oxygen atoms in total. The van der Waals surface area contributed by atoms with Crippen molar-refractivity contribution in [1.29, 1.82) is 0 Å². The van der Waals surface area contributed by atoms with E-state index in [0.717, 1.165) is 25.4 Å². The van der Waals surface area contributed by atoms with E-state index >= 15 is 0 Å². The van der Waals surface area contributed by atoms with Gasteiger partial charge in [-0.15, -0.1) is 0 Å². The van der Waals surface area contributed by atoms with Crippen LogP contribution in [-0.2, 0) is 9.47 Å². The number of ether oxygens (including phenoxy) is 2. The molecule has 0 aromatic heterocycles. The maximum Gasteiger partial charge on any atom is 0.145 e. The monoisotopic (exact) mass is 112 g/mol. The lowest BCUT2D eigenvalue weighted by Gasteiger charge is -1.76. The Hall–Kier alpha value is -0.500. The van der Waals surface area contributed by atoms with Gasteiger partial charge in [-0.2, -0.15) is 0 Å². The smallest absolute Gasteiger partial charge is 0.145 e. The lowest BCUT2D eigenvalue weighted by Crippen LogP contribution is -1.77. The van der Waals surface area contributed by atoms with Gasteiger partial charge < -0.3 is 9.47 Å². The van der Waals surface area contributed by atoms with Crippen molar-refractivity contribution in [2.75, 3.05) is 13.2 Å². The van der Waals surface area contributed by atoms with E-state index in [2.05, 4.69) is 6.08 Å². The normalized spacial score (nSPS) is 37.0. The van der Waals surface area contributed by atoms with Crippen molar-refractivity contribution in [2.45, 2.75) is 12.5 Å². The minimum atomic E-state index is 0.520. The molecule has 2 aliphatic heterocycles. The maximum absolute atomic E-state index is 4.99. The molecule has 2 heteroatoms. The van der Waals surface area contributed by atoms with Crippen molar-refractivity contribution in [3.8, 4) is 0 Å². The number of hydrogen-bond acceptors (Lipinski definition) is 2. The van der Waals surface area contributed by atoms with Gasteiger partial charge in [0.2, 0.25) is 0 Å². The third-order valence-corrected chi connectivity index (χ3v) is 1.32. The highest BCUT2D eigenvalue weighted by Crippen LogP contribution is 2.20. The molecule has 0 bridgehead atoms. The van der Waals surface area contributed by atoms with E-state index in [4.69, 9.17) is 9.47 Å². The summed E-state index contributed by atoms with van der Waals surface area (Å²) in [6.07, 6.45) is 3.68. The van der Waals surface area contributed by atoms with E-state index in [1.165, 1.54) is 0 Å². The van der Waals surface area contributed by atoms with Crippen LogP contribution < -0.4 is 0 Å². The van der Waals surface area contributed by atoms with Gasteiger partial charge in [-0.05, 0) is 12.5 Å². The van der Waals surface area contributed by atoms with Gasteiger partial charge in [0.1, 0.15) is 12.4 Å². The zero-order chi connectivity index (χ0) is 5.40. The Bertz CT molecular complexity index is 118. The molecule has 0 saturated carbocycles. The topological polar surface area (TPSA) is 25.1 Å². The van der Waals surface area contributed by atoms with Gasteiger partial charge in [-0.3, -0.25) is 0 Å². The molecule has 44 valence electrons. The third kappa shape index (κ3) is 1.01. The van der Waals surface area contributed by atoms with E-state index < -0.39 is 0 Å². The molecule has 2 aliphatic rings. The summed E-state index contributed by atoms with van der Waals surface area (Å²) in [5, 5.41) is 0. The summed E-state index contributed by atoms with van der Waals surface area (Å²) in [4.78, 5) is 0. The van der Waals surface area contributed by atoms with Crippen LogP contribution in [0.2, 0.25) is 0 Å². The Morgan fingerprint density at radius 1 is 1.75 bits per heavy atom. The summed E-state index contributed by atoms with van der Waals surface area (Å²) in [6, 6.07) is 0. The summed E-state index contributed by atoms with van der Waals surface area (Å²) in [5.41, 5.74) is 0. The highest BCUT2D eigenvalue weighted by molar-refractivity contribution is 5.05. The molecule has 2 heterocycles. The van der Waals surface area contributed by atoms with Crippen LogP contribution in [0.5, 0.6) is 0 Å². The lowest BCUT2D eigenvalue weighted by molar-refractivity contribution is 0.409. The van der Waals surface area contributed by atoms with Gasteiger partial charge in [0.25, 0.3) is 0 Å². The van der Waals surface area contributed by atoms with E-state index in [1.807, 2.05) is 0 Å². The number of hydrogen-bond donors (Lipinski definition) is 0. The summed E-state index contributed by atoms with van der Waals surface area (Å²) < 4.78 is 9.88. The fourth-order valence-corrected chi connectivity index (χ4v) is 0.627. The largest absolute Gasteiger partial charge is 0.487 e. The van der Waals surface area contributed by atoms with Gasteiger partial charge in [0.15, 0.2) is 0 Å². The van der Waals surface area contributed by atoms with E-state index in [1.54, 1.807) is 0 Å². The van der Waals surface area contributed by atoms with Crippen molar-refractivity contribution in [1.82, 2.24) is 0 Å². The average molecular weight is 112 g/mol. The van der Waals surface area contributed by atoms with Crippen molar-refractivity contribution in [2.24, 2.45) is 0 Å². The Morgan fingerprint density at radius 3 is 3.00 bits per heavy atom. The molecule has 0 aromatic rings. The van der Waals surface area contributed by atoms with Crippen LogP contribution in [-0.4, -0.2) is 19.3 Å². The molecule has 0 radical (unpaired) electrons. The molecule has 0 aliphatic carbocycles. The van der Waals surface area contributed by atoms with Crippen LogP contribution in [0.25, 0.3) is 0 Å². The maximum atomic E-state index is 4.99. The molecule has 2 saturated heterocycles. The zero-order valence-electron chi connectivity index (χ0n) is 4.59. The Kier molecular flexibility index (Phi) is 0.815. The van der Waals surface area contributed by atoms with E-state index in [-0.39, 0.29) is 0 Å². The van der Waals surface area contributed by atoms with Crippen molar-refractivity contribution in [3.05, 3.63) is 11.8 Å². The van der Waals surface area contributed by atoms with E-state index in [9.17, 15) is 0 Å². The summed E-state index contributed by atoms with van der Waals surface area (Å²) >= 11 is 0. The van der Waals surface area contributed by atoms with Crippen molar-refractivity contribution < 1.29 is 9.47 Å². The molecule has 8 heavy (non-hydrogen) atoms. The van der Waals surface area contributed by atoms with Gasteiger partial charge in [-0.1, -0.05) is 0 Å². The summed E-state index contributed by atoms with van der Waals surface area (Å²) in [7, 11) is 0. The Labute approximate surface area is 48.1 Å². The first-order chi connectivity index (χ1) is 3.95. The molecule has 1 unspecified atom stereocenters. The van der Waals surface area contributed by atoms with Crippen molar-refractivity contribution in [3.63, 3.8) is 0 Å². The average Bonchev–Trinajstić information content (AvgIpc) is 2.60. The van der Waals surface area contributed by atoms with Crippen LogP contribution in [0.3, 0.4) is 0 Å². The fourth-order valence-electron chi connectivity index (χ4n) is 0.627. The van der Waals surface area contributed by atoms with Crippen molar-refractivity contribution >= 4 is 0 Å². The minimum Gasteiger partial charge on any atom is -0.487 e. The zero-order valence-corrected chi connectivity index (χ0v) is 4.59. The fraction of sp³-hybridized carbons (Fsp3) is 0.667. The standard InChI is InChI=1S/C6H8O2/c1(5-3-7-5)2-6-4-8-6/h1,6H,2-4H2. The Morgan fingerprint density at radius 2 is 2.50 bits per heavy atom. The molecule has 0 amide bonds. The quantitative estimate of drug-likeness (QED) is 0.491. The molecular weight excluding hydrogens is 104 g/mol. The second kappa shape index (κ2) is 1.49. The molecule has 0 N–H and O–H groups in total. The highest BCUT2D eigenvalue weighted by atomic mass is 16.6. The van der Waals surface area contributed by atoms with Gasteiger partial charge in [0.05, 0.1) is 12.7 Å². The van der Waals surface area contributed by atoms with Crippen LogP contribution in [0, 0.1) is 0 Å².